The molecule has 1 heterocycles. The molecule has 1 aromatic heterocycles. The Balaban J connectivity index is 1.74. The van der Waals surface area contributed by atoms with Gasteiger partial charge in [-0.25, -0.2) is 13.8 Å². The Morgan fingerprint density at radius 3 is 2.47 bits per heavy atom. The predicted molar refractivity (Wildman–Crippen MR) is 122 cm³/mol. The molecule has 0 bridgehead atoms. The zero-order valence-corrected chi connectivity index (χ0v) is 17.9. The van der Waals surface area contributed by atoms with Gasteiger partial charge in [-0.1, -0.05) is 41.9 Å². The summed E-state index contributed by atoms with van der Waals surface area (Å²) in [6.07, 6.45) is 0. The molecule has 32 heavy (non-hydrogen) atoms. The molecule has 6 nitrogen and oxygen atoms in total. The highest BCUT2D eigenvalue weighted by molar-refractivity contribution is 6.31. The molecule has 0 atom stereocenters. The number of halogens is 2. The molecular weight excluding hydrogens is 433 g/mol. The summed E-state index contributed by atoms with van der Waals surface area (Å²) >= 11 is 6.21. The maximum Gasteiger partial charge on any atom is 0.336 e. The second-order valence-corrected chi connectivity index (χ2v) is 7.77. The van der Waals surface area contributed by atoms with Gasteiger partial charge in [0, 0.05) is 11.6 Å². The molecule has 0 unspecified atom stereocenters. The smallest absolute Gasteiger partial charge is 0.336 e. The van der Waals surface area contributed by atoms with Gasteiger partial charge in [0.05, 0.1) is 16.6 Å². The first-order valence-electron chi connectivity index (χ1n) is 9.87. The van der Waals surface area contributed by atoms with E-state index >= 15 is 0 Å². The van der Waals surface area contributed by atoms with Crippen LogP contribution in [0.5, 0.6) is 0 Å². The van der Waals surface area contributed by atoms with Crippen LogP contribution in [0.15, 0.2) is 76.3 Å². The molecule has 0 radical (unpaired) electrons. The maximum absolute atomic E-state index is 13.3. The van der Waals surface area contributed by atoms with Gasteiger partial charge in [0.1, 0.15) is 12.4 Å². The summed E-state index contributed by atoms with van der Waals surface area (Å²) in [5.74, 6) is -0.787. The van der Waals surface area contributed by atoms with E-state index in [4.69, 9.17) is 11.6 Å². The molecule has 0 fully saturated rings. The normalized spacial score (nSPS) is 11.0. The molecule has 0 spiro atoms. The first-order chi connectivity index (χ1) is 15.3. The fraction of sp³-hybridized carbons (Fsp3) is 0.125. The van der Waals surface area contributed by atoms with Crippen LogP contribution in [-0.4, -0.2) is 15.0 Å². The molecule has 0 aliphatic carbocycles. The van der Waals surface area contributed by atoms with Gasteiger partial charge in [0.25, 0.3) is 5.56 Å². The number of rotatable bonds is 5. The third kappa shape index (κ3) is 4.20. The third-order valence-electron chi connectivity index (χ3n) is 5.17. The lowest BCUT2D eigenvalue weighted by molar-refractivity contribution is -0.121. The number of carbonyl (C=O) groups is 1. The van der Waals surface area contributed by atoms with E-state index in [9.17, 15) is 18.8 Å². The largest absolute Gasteiger partial charge is 0.350 e. The van der Waals surface area contributed by atoms with Crippen molar-refractivity contribution >= 4 is 28.4 Å². The van der Waals surface area contributed by atoms with Crippen LogP contribution in [0.25, 0.3) is 16.6 Å². The van der Waals surface area contributed by atoms with Crippen LogP contribution in [0.2, 0.25) is 5.02 Å². The van der Waals surface area contributed by atoms with Crippen molar-refractivity contribution in [1.29, 1.82) is 0 Å². The van der Waals surface area contributed by atoms with E-state index in [-0.39, 0.29) is 18.9 Å². The second-order valence-electron chi connectivity index (χ2n) is 7.36. The van der Waals surface area contributed by atoms with Gasteiger partial charge in [-0.3, -0.25) is 14.2 Å². The van der Waals surface area contributed by atoms with Crippen molar-refractivity contribution in [3.63, 3.8) is 0 Å². The molecule has 4 rings (SSSR count). The minimum atomic E-state index is -0.648. The van der Waals surface area contributed by atoms with Gasteiger partial charge in [-0.05, 0) is 54.4 Å². The molecular formula is C24H19ClFN3O3. The minimum absolute atomic E-state index is 0.180. The van der Waals surface area contributed by atoms with Crippen molar-refractivity contribution < 1.29 is 9.18 Å². The Morgan fingerprint density at radius 2 is 1.75 bits per heavy atom. The van der Waals surface area contributed by atoms with Gasteiger partial charge in [-0.15, -0.1) is 0 Å². The van der Waals surface area contributed by atoms with Crippen LogP contribution in [0.1, 0.15) is 11.1 Å². The maximum atomic E-state index is 13.3. The number of carbonyl (C=O) groups excluding carboxylic acids is 1. The number of hydrogen-bond acceptors (Lipinski definition) is 3. The third-order valence-corrected chi connectivity index (χ3v) is 5.58. The fourth-order valence-electron chi connectivity index (χ4n) is 3.42. The van der Waals surface area contributed by atoms with Crippen LogP contribution < -0.4 is 16.6 Å². The van der Waals surface area contributed by atoms with Gasteiger partial charge < -0.3 is 5.32 Å². The SMILES string of the molecule is Cc1ccc(-n2c(=O)c3ccccc3n(CC(=O)NCc3ccc(F)cc3)c2=O)cc1Cl. The highest BCUT2D eigenvalue weighted by Crippen LogP contribution is 2.18. The number of benzene rings is 3. The van der Waals surface area contributed by atoms with Crippen LogP contribution >= 0.6 is 11.6 Å². The topological polar surface area (TPSA) is 73.1 Å². The molecule has 1 amide bonds. The molecule has 8 heteroatoms. The molecule has 3 aromatic carbocycles. The summed E-state index contributed by atoms with van der Waals surface area (Å²) in [7, 11) is 0. The van der Waals surface area contributed by atoms with Crippen molar-refractivity contribution in [2.75, 3.05) is 0 Å². The number of aryl methyl sites for hydroxylation is 1. The van der Waals surface area contributed by atoms with E-state index < -0.39 is 17.2 Å². The van der Waals surface area contributed by atoms with Gasteiger partial charge in [0.2, 0.25) is 5.91 Å². The average molecular weight is 452 g/mol. The summed E-state index contributed by atoms with van der Waals surface area (Å²) in [5.41, 5.74) is 1.07. The molecule has 0 aliphatic heterocycles. The fourth-order valence-corrected chi connectivity index (χ4v) is 3.60. The number of hydrogen-bond donors (Lipinski definition) is 1. The molecule has 0 saturated heterocycles. The van der Waals surface area contributed by atoms with Crippen LogP contribution in [0.4, 0.5) is 4.39 Å². The summed E-state index contributed by atoms with van der Waals surface area (Å²) in [5, 5.41) is 3.44. The van der Waals surface area contributed by atoms with Gasteiger partial charge in [-0.2, -0.15) is 0 Å². The number of amides is 1. The minimum Gasteiger partial charge on any atom is -0.350 e. The lowest BCUT2D eigenvalue weighted by Gasteiger charge is -2.15. The van der Waals surface area contributed by atoms with E-state index in [1.807, 2.05) is 6.92 Å². The second kappa shape index (κ2) is 8.80. The van der Waals surface area contributed by atoms with E-state index in [1.54, 1.807) is 54.6 Å². The Hall–Kier alpha value is -3.71. The van der Waals surface area contributed by atoms with E-state index in [0.29, 0.717) is 21.6 Å². The van der Waals surface area contributed by atoms with Crippen molar-refractivity contribution in [3.8, 4) is 5.69 Å². The quantitative estimate of drug-likeness (QED) is 0.504. The monoisotopic (exact) mass is 451 g/mol. The van der Waals surface area contributed by atoms with E-state index in [2.05, 4.69) is 5.32 Å². The molecule has 162 valence electrons. The van der Waals surface area contributed by atoms with Crippen LogP contribution in [0.3, 0.4) is 0 Å². The van der Waals surface area contributed by atoms with Crippen LogP contribution in [-0.2, 0) is 17.9 Å². The highest BCUT2D eigenvalue weighted by atomic mass is 35.5. The van der Waals surface area contributed by atoms with Crippen molar-refractivity contribution in [2.45, 2.75) is 20.0 Å². The number of para-hydroxylation sites is 1. The van der Waals surface area contributed by atoms with Crippen molar-refractivity contribution in [3.05, 3.63) is 110 Å². The van der Waals surface area contributed by atoms with Gasteiger partial charge in [0.15, 0.2) is 0 Å². The average Bonchev–Trinajstić information content (AvgIpc) is 2.79. The number of aromatic nitrogens is 2. The summed E-state index contributed by atoms with van der Waals surface area (Å²) in [6.45, 7) is 1.71. The van der Waals surface area contributed by atoms with E-state index in [1.165, 1.54) is 16.7 Å². The van der Waals surface area contributed by atoms with E-state index in [0.717, 1.165) is 15.7 Å². The van der Waals surface area contributed by atoms with Crippen LogP contribution in [0, 0.1) is 12.7 Å². The lowest BCUT2D eigenvalue weighted by Crippen LogP contribution is -2.41. The molecule has 0 aliphatic rings. The van der Waals surface area contributed by atoms with Crippen molar-refractivity contribution in [2.24, 2.45) is 0 Å². The first kappa shape index (κ1) is 21.5. The highest BCUT2D eigenvalue weighted by Gasteiger charge is 2.17. The Bertz CT molecular complexity index is 1440. The standard InChI is InChI=1S/C24H19ClFN3O3/c1-15-6-11-18(12-20(15)25)29-23(31)19-4-2-3-5-21(19)28(24(29)32)14-22(30)27-13-16-7-9-17(26)10-8-16/h2-12H,13-14H2,1H3,(H,27,30). The molecule has 0 saturated carbocycles. The zero-order valence-electron chi connectivity index (χ0n) is 17.1. The zero-order chi connectivity index (χ0) is 22.8. The molecule has 1 N–H and O–H groups in total. The Morgan fingerprint density at radius 1 is 1.03 bits per heavy atom. The number of fused-ring (bicyclic) bond motifs is 1. The summed E-state index contributed by atoms with van der Waals surface area (Å²) in [4.78, 5) is 39.0. The van der Waals surface area contributed by atoms with Gasteiger partial charge >= 0.3 is 5.69 Å². The lowest BCUT2D eigenvalue weighted by atomic mass is 10.2. The molecule has 4 aromatic rings. The summed E-state index contributed by atoms with van der Waals surface area (Å²) < 4.78 is 15.3. The van der Waals surface area contributed by atoms with Crippen molar-refractivity contribution in [1.82, 2.24) is 14.5 Å². The number of nitrogens with zero attached hydrogens (tertiary/aromatic N) is 2. The first-order valence-corrected chi connectivity index (χ1v) is 10.2. The predicted octanol–water partition coefficient (Wildman–Crippen LogP) is 3.57. The summed E-state index contributed by atoms with van der Waals surface area (Å²) in [6, 6.07) is 17.3. The number of nitrogens with one attached hydrogen (secondary N) is 1. The Labute approximate surface area is 187 Å². The Kier molecular flexibility index (Phi) is 5.92.